The Kier molecular flexibility index (Phi) is 4.48. The quantitative estimate of drug-likeness (QED) is 0.944. The van der Waals surface area contributed by atoms with E-state index in [-0.39, 0.29) is 11.7 Å². The van der Waals surface area contributed by atoms with Crippen molar-refractivity contribution >= 4 is 10.8 Å². The highest BCUT2D eigenvalue weighted by Gasteiger charge is 2.14. The molecule has 4 heteroatoms. The zero-order valence-corrected chi connectivity index (χ0v) is 13.3. The first-order valence-electron chi connectivity index (χ1n) is 8.14. The number of rotatable bonds is 4. The number of ether oxygens (including phenoxy) is 1. The van der Waals surface area contributed by atoms with Crippen LogP contribution in [0, 0.1) is 5.92 Å². The monoisotopic (exact) mass is 300 g/mol. The van der Waals surface area contributed by atoms with Gasteiger partial charge in [0.05, 0.1) is 6.10 Å². The second kappa shape index (κ2) is 6.53. The van der Waals surface area contributed by atoms with E-state index in [4.69, 9.17) is 4.74 Å². The van der Waals surface area contributed by atoms with E-state index in [1.165, 1.54) is 12.8 Å². The molecule has 0 spiro atoms. The molecule has 22 heavy (non-hydrogen) atoms. The van der Waals surface area contributed by atoms with Gasteiger partial charge in [0, 0.05) is 18.1 Å². The first-order valence-corrected chi connectivity index (χ1v) is 8.14. The lowest BCUT2D eigenvalue weighted by Gasteiger charge is -2.23. The standard InChI is InChI=1S/C18H24N2O2/c1-13(2)22-16-5-6-17-15(10-16)7-9-20(18(17)21)12-14-4-3-8-19-11-14/h5-7,9-10,13-14,19H,3-4,8,11-12H2,1-2H3. The summed E-state index contributed by atoms with van der Waals surface area (Å²) in [5.41, 5.74) is 0.0965. The number of piperidine rings is 1. The SMILES string of the molecule is CC(C)Oc1ccc2c(=O)n(CC3CCCNC3)ccc2c1. The molecule has 1 aromatic heterocycles. The molecule has 1 unspecified atom stereocenters. The van der Waals surface area contributed by atoms with Crippen molar-refractivity contribution in [3.8, 4) is 5.75 Å². The van der Waals surface area contributed by atoms with Crippen molar-refractivity contribution in [3.63, 3.8) is 0 Å². The third-order valence-electron chi connectivity index (χ3n) is 4.17. The molecule has 0 amide bonds. The fraction of sp³-hybridized carbons (Fsp3) is 0.500. The van der Waals surface area contributed by atoms with Crippen LogP contribution in [0.15, 0.2) is 35.3 Å². The van der Waals surface area contributed by atoms with Crippen LogP contribution in [0.3, 0.4) is 0 Å². The molecule has 1 atom stereocenters. The van der Waals surface area contributed by atoms with Crippen molar-refractivity contribution in [2.75, 3.05) is 13.1 Å². The lowest BCUT2D eigenvalue weighted by atomic mass is 9.99. The zero-order valence-electron chi connectivity index (χ0n) is 13.3. The molecule has 2 heterocycles. The van der Waals surface area contributed by atoms with Crippen molar-refractivity contribution < 1.29 is 4.74 Å². The molecule has 3 rings (SSSR count). The maximum Gasteiger partial charge on any atom is 0.258 e. The summed E-state index contributed by atoms with van der Waals surface area (Å²) in [7, 11) is 0. The number of hydrogen-bond acceptors (Lipinski definition) is 3. The van der Waals surface area contributed by atoms with E-state index >= 15 is 0 Å². The molecule has 2 aromatic rings. The predicted octanol–water partition coefficient (Wildman–Crippen LogP) is 2.79. The van der Waals surface area contributed by atoms with E-state index in [1.807, 2.05) is 48.9 Å². The minimum absolute atomic E-state index is 0.0965. The van der Waals surface area contributed by atoms with Crippen LogP contribution < -0.4 is 15.6 Å². The topological polar surface area (TPSA) is 43.3 Å². The molecule has 0 radical (unpaired) electrons. The van der Waals surface area contributed by atoms with E-state index in [0.29, 0.717) is 5.92 Å². The van der Waals surface area contributed by atoms with Gasteiger partial charge in [0.25, 0.3) is 5.56 Å². The molecule has 1 aliphatic rings. The van der Waals surface area contributed by atoms with Crippen molar-refractivity contribution in [1.29, 1.82) is 0 Å². The third-order valence-corrected chi connectivity index (χ3v) is 4.17. The van der Waals surface area contributed by atoms with Crippen LogP contribution in [-0.4, -0.2) is 23.8 Å². The summed E-state index contributed by atoms with van der Waals surface area (Å²) in [6, 6.07) is 7.73. The maximum absolute atomic E-state index is 12.6. The number of nitrogens with zero attached hydrogens (tertiary/aromatic N) is 1. The second-order valence-corrected chi connectivity index (χ2v) is 6.40. The lowest BCUT2D eigenvalue weighted by molar-refractivity contribution is 0.243. The minimum Gasteiger partial charge on any atom is -0.491 e. The van der Waals surface area contributed by atoms with Crippen molar-refractivity contribution in [2.24, 2.45) is 5.92 Å². The fourth-order valence-corrected chi connectivity index (χ4v) is 3.11. The van der Waals surface area contributed by atoms with Gasteiger partial charge in [-0.05, 0) is 75.3 Å². The zero-order chi connectivity index (χ0) is 15.5. The summed E-state index contributed by atoms with van der Waals surface area (Å²) in [5.74, 6) is 1.36. The molecular formula is C18H24N2O2. The van der Waals surface area contributed by atoms with Gasteiger partial charge in [-0.1, -0.05) is 0 Å². The Bertz CT molecular complexity index is 700. The molecule has 1 aliphatic heterocycles. The fourth-order valence-electron chi connectivity index (χ4n) is 3.11. The van der Waals surface area contributed by atoms with Gasteiger partial charge in [-0.25, -0.2) is 0 Å². The molecule has 0 aliphatic carbocycles. The Hall–Kier alpha value is -1.81. The van der Waals surface area contributed by atoms with Gasteiger partial charge in [0.2, 0.25) is 0 Å². The number of aromatic nitrogens is 1. The summed E-state index contributed by atoms with van der Waals surface area (Å²) in [5, 5.41) is 5.12. The highest BCUT2D eigenvalue weighted by atomic mass is 16.5. The van der Waals surface area contributed by atoms with E-state index in [9.17, 15) is 4.79 Å². The van der Waals surface area contributed by atoms with Crippen LogP contribution in [0.1, 0.15) is 26.7 Å². The van der Waals surface area contributed by atoms with Crippen LogP contribution >= 0.6 is 0 Å². The van der Waals surface area contributed by atoms with Gasteiger partial charge in [-0.2, -0.15) is 0 Å². The number of nitrogens with one attached hydrogen (secondary N) is 1. The van der Waals surface area contributed by atoms with Crippen LogP contribution in [0.25, 0.3) is 10.8 Å². The summed E-state index contributed by atoms with van der Waals surface area (Å²) >= 11 is 0. The Morgan fingerprint density at radius 1 is 1.36 bits per heavy atom. The van der Waals surface area contributed by atoms with Crippen molar-refractivity contribution in [3.05, 3.63) is 40.8 Å². The third kappa shape index (κ3) is 3.33. The number of benzene rings is 1. The predicted molar refractivity (Wildman–Crippen MR) is 89.6 cm³/mol. The van der Waals surface area contributed by atoms with Crippen LogP contribution in [-0.2, 0) is 6.54 Å². The molecule has 1 fully saturated rings. The summed E-state index contributed by atoms with van der Waals surface area (Å²) < 4.78 is 7.55. The van der Waals surface area contributed by atoms with Gasteiger partial charge < -0.3 is 14.6 Å². The van der Waals surface area contributed by atoms with Gasteiger partial charge in [-0.3, -0.25) is 4.79 Å². The Morgan fingerprint density at radius 2 is 2.23 bits per heavy atom. The van der Waals surface area contributed by atoms with Gasteiger partial charge in [-0.15, -0.1) is 0 Å². The van der Waals surface area contributed by atoms with Crippen LogP contribution in [0.2, 0.25) is 0 Å². The molecule has 118 valence electrons. The smallest absolute Gasteiger partial charge is 0.258 e. The molecule has 1 N–H and O–H groups in total. The van der Waals surface area contributed by atoms with Crippen molar-refractivity contribution in [1.82, 2.24) is 9.88 Å². The van der Waals surface area contributed by atoms with Crippen LogP contribution in [0.5, 0.6) is 5.75 Å². The van der Waals surface area contributed by atoms with Crippen molar-refractivity contribution in [2.45, 2.75) is 39.3 Å². The molecule has 4 nitrogen and oxygen atoms in total. The van der Waals surface area contributed by atoms with E-state index in [2.05, 4.69) is 5.32 Å². The van der Waals surface area contributed by atoms with Crippen LogP contribution in [0.4, 0.5) is 0 Å². The largest absolute Gasteiger partial charge is 0.491 e. The molecule has 0 bridgehead atoms. The number of pyridine rings is 1. The Morgan fingerprint density at radius 3 is 2.95 bits per heavy atom. The summed E-state index contributed by atoms with van der Waals surface area (Å²) in [4.78, 5) is 12.6. The normalized spacial score (nSPS) is 18.8. The summed E-state index contributed by atoms with van der Waals surface area (Å²) in [6.45, 7) is 6.90. The van der Waals surface area contributed by atoms with E-state index < -0.39 is 0 Å². The van der Waals surface area contributed by atoms with Gasteiger partial charge >= 0.3 is 0 Å². The molecular weight excluding hydrogens is 276 g/mol. The van der Waals surface area contributed by atoms with Gasteiger partial charge in [0.15, 0.2) is 0 Å². The highest BCUT2D eigenvalue weighted by Crippen LogP contribution is 2.20. The number of hydrogen-bond donors (Lipinski definition) is 1. The molecule has 0 saturated carbocycles. The van der Waals surface area contributed by atoms with E-state index in [0.717, 1.165) is 36.2 Å². The maximum atomic E-state index is 12.6. The first-order chi connectivity index (χ1) is 10.6. The van der Waals surface area contributed by atoms with E-state index in [1.54, 1.807) is 0 Å². The Balaban J connectivity index is 1.87. The molecule has 1 saturated heterocycles. The number of fused-ring (bicyclic) bond motifs is 1. The minimum atomic E-state index is 0.0965. The first kappa shape index (κ1) is 15.1. The molecule has 1 aromatic carbocycles. The summed E-state index contributed by atoms with van der Waals surface area (Å²) in [6.07, 6.45) is 4.44. The Labute approximate surface area is 131 Å². The highest BCUT2D eigenvalue weighted by molar-refractivity contribution is 5.82. The van der Waals surface area contributed by atoms with Gasteiger partial charge in [0.1, 0.15) is 5.75 Å². The second-order valence-electron chi connectivity index (χ2n) is 6.40. The average molecular weight is 300 g/mol. The average Bonchev–Trinajstić information content (AvgIpc) is 2.50. The lowest BCUT2D eigenvalue weighted by Crippen LogP contribution is -2.34.